The highest BCUT2D eigenvalue weighted by atomic mass is 16.5. The van der Waals surface area contributed by atoms with Crippen molar-refractivity contribution >= 4 is 0 Å². The summed E-state index contributed by atoms with van der Waals surface area (Å²) in [6.45, 7) is 6.27. The quantitative estimate of drug-likeness (QED) is 0.701. The van der Waals surface area contributed by atoms with E-state index < -0.39 is 0 Å². The van der Waals surface area contributed by atoms with Gasteiger partial charge in [0.15, 0.2) is 0 Å². The molecule has 1 unspecified atom stereocenters. The van der Waals surface area contributed by atoms with Crippen molar-refractivity contribution in [3.05, 3.63) is 0 Å². The first kappa shape index (κ1) is 12.9. The van der Waals surface area contributed by atoms with E-state index in [0.29, 0.717) is 6.10 Å². The molecule has 3 heteroatoms. The molecule has 0 bridgehead atoms. The number of unbranched alkanes of at least 4 members (excludes halogenated alkanes) is 1. The summed E-state index contributed by atoms with van der Waals surface area (Å²) >= 11 is 0. The molecule has 0 aromatic rings. The summed E-state index contributed by atoms with van der Waals surface area (Å²) in [7, 11) is 0. The van der Waals surface area contributed by atoms with Gasteiger partial charge in [-0.15, -0.1) is 0 Å². The number of ether oxygens (including phenoxy) is 1. The van der Waals surface area contributed by atoms with Gasteiger partial charge in [-0.1, -0.05) is 13.3 Å². The Morgan fingerprint density at radius 1 is 1.33 bits per heavy atom. The first-order valence-electron chi connectivity index (χ1n) is 6.31. The Bertz CT molecular complexity index is 147. The third-order valence-electron chi connectivity index (χ3n) is 2.98. The normalized spacial score (nSPS) is 22.2. The molecule has 0 aromatic heterocycles. The molecule has 1 heterocycles. The summed E-state index contributed by atoms with van der Waals surface area (Å²) < 4.78 is 5.71. The molecule has 90 valence electrons. The molecule has 1 aliphatic heterocycles. The Labute approximate surface area is 93.4 Å². The SMILES string of the molecule is CCCCN(CCO)CC1CCCCO1. The maximum atomic E-state index is 8.98. The minimum atomic E-state index is 0.260. The van der Waals surface area contributed by atoms with Gasteiger partial charge in [-0.05, 0) is 32.2 Å². The van der Waals surface area contributed by atoms with Crippen LogP contribution in [0.25, 0.3) is 0 Å². The second-order valence-electron chi connectivity index (χ2n) is 4.37. The Balaban J connectivity index is 2.21. The summed E-state index contributed by atoms with van der Waals surface area (Å²) in [4.78, 5) is 2.33. The van der Waals surface area contributed by atoms with Crippen LogP contribution in [0.5, 0.6) is 0 Å². The molecule has 0 saturated carbocycles. The van der Waals surface area contributed by atoms with Gasteiger partial charge in [0, 0.05) is 19.7 Å². The van der Waals surface area contributed by atoms with Crippen molar-refractivity contribution in [1.82, 2.24) is 4.90 Å². The molecule has 1 rings (SSSR count). The van der Waals surface area contributed by atoms with E-state index in [4.69, 9.17) is 9.84 Å². The van der Waals surface area contributed by atoms with Gasteiger partial charge in [-0.3, -0.25) is 4.90 Å². The standard InChI is InChI=1S/C12H25NO2/c1-2-3-7-13(8-9-14)11-12-6-4-5-10-15-12/h12,14H,2-11H2,1H3. The van der Waals surface area contributed by atoms with Crippen molar-refractivity contribution in [2.24, 2.45) is 0 Å². The van der Waals surface area contributed by atoms with E-state index in [1.165, 1.54) is 32.1 Å². The summed E-state index contributed by atoms with van der Waals surface area (Å²) in [5.74, 6) is 0. The van der Waals surface area contributed by atoms with E-state index >= 15 is 0 Å². The van der Waals surface area contributed by atoms with E-state index in [2.05, 4.69) is 11.8 Å². The molecule has 1 aliphatic rings. The lowest BCUT2D eigenvalue weighted by atomic mass is 10.1. The number of nitrogens with zero attached hydrogens (tertiary/aromatic N) is 1. The third kappa shape index (κ3) is 5.50. The van der Waals surface area contributed by atoms with Crippen LogP contribution in [0.4, 0.5) is 0 Å². The molecule has 0 amide bonds. The lowest BCUT2D eigenvalue weighted by molar-refractivity contribution is -0.00810. The Morgan fingerprint density at radius 2 is 2.20 bits per heavy atom. The first-order valence-corrected chi connectivity index (χ1v) is 6.31. The van der Waals surface area contributed by atoms with Crippen LogP contribution in [-0.2, 0) is 4.74 Å². The van der Waals surface area contributed by atoms with Crippen LogP contribution >= 0.6 is 0 Å². The molecular weight excluding hydrogens is 190 g/mol. The molecule has 0 aliphatic carbocycles. The fraction of sp³-hybridized carbons (Fsp3) is 1.00. The highest BCUT2D eigenvalue weighted by Gasteiger charge is 2.16. The Morgan fingerprint density at radius 3 is 2.80 bits per heavy atom. The zero-order chi connectivity index (χ0) is 10.9. The molecule has 1 saturated heterocycles. The summed E-state index contributed by atoms with van der Waals surface area (Å²) in [5, 5.41) is 8.98. The van der Waals surface area contributed by atoms with E-state index in [1.807, 2.05) is 0 Å². The summed E-state index contributed by atoms with van der Waals surface area (Å²) in [5.41, 5.74) is 0. The number of hydrogen-bond acceptors (Lipinski definition) is 3. The second kappa shape index (κ2) is 8.08. The maximum Gasteiger partial charge on any atom is 0.0702 e. The maximum absolute atomic E-state index is 8.98. The second-order valence-corrected chi connectivity index (χ2v) is 4.37. The van der Waals surface area contributed by atoms with Gasteiger partial charge in [0.1, 0.15) is 0 Å². The minimum Gasteiger partial charge on any atom is -0.395 e. The van der Waals surface area contributed by atoms with Crippen molar-refractivity contribution in [3.8, 4) is 0 Å². The van der Waals surface area contributed by atoms with Gasteiger partial charge < -0.3 is 9.84 Å². The monoisotopic (exact) mass is 215 g/mol. The number of hydrogen-bond donors (Lipinski definition) is 1. The van der Waals surface area contributed by atoms with Crippen LogP contribution < -0.4 is 0 Å². The lowest BCUT2D eigenvalue weighted by Crippen LogP contribution is -2.38. The van der Waals surface area contributed by atoms with Gasteiger partial charge in [0.05, 0.1) is 12.7 Å². The predicted molar refractivity (Wildman–Crippen MR) is 62.0 cm³/mol. The lowest BCUT2D eigenvalue weighted by Gasteiger charge is -2.29. The van der Waals surface area contributed by atoms with Crippen molar-refractivity contribution in [2.75, 3.05) is 32.8 Å². The predicted octanol–water partition coefficient (Wildman–Crippen LogP) is 1.65. The minimum absolute atomic E-state index is 0.260. The van der Waals surface area contributed by atoms with Gasteiger partial charge >= 0.3 is 0 Å². The summed E-state index contributed by atoms with van der Waals surface area (Å²) in [6.07, 6.45) is 6.53. The molecule has 0 radical (unpaired) electrons. The number of aliphatic hydroxyl groups is 1. The first-order chi connectivity index (χ1) is 7.36. The zero-order valence-corrected chi connectivity index (χ0v) is 9.95. The highest BCUT2D eigenvalue weighted by molar-refractivity contribution is 4.69. The molecule has 1 fully saturated rings. The highest BCUT2D eigenvalue weighted by Crippen LogP contribution is 2.14. The smallest absolute Gasteiger partial charge is 0.0702 e. The molecule has 0 spiro atoms. The van der Waals surface area contributed by atoms with Crippen LogP contribution in [-0.4, -0.2) is 49.0 Å². The van der Waals surface area contributed by atoms with Crippen molar-refractivity contribution in [3.63, 3.8) is 0 Å². The molecule has 1 N–H and O–H groups in total. The average Bonchev–Trinajstić information content (AvgIpc) is 2.28. The Hall–Kier alpha value is -0.120. The van der Waals surface area contributed by atoms with E-state index in [0.717, 1.165) is 26.2 Å². The molecule has 3 nitrogen and oxygen atoms in total. The van der Waals surface area contributed by atoms with Gasteiger partial charge in [0.25, 0.3) is 0 Å². The molecular formula is C12H25NO2. The third-order valence-corrected chi connectivity index (χ3v) is 2.98. The van der Waals surface area contributed by atoms with Crippen LogP contribution in [0.3, 0.4) is 0 Å². The van der Waals surface area contributed by atoms with Gasteiger partial charge in [-0.25, -0.2) is 0 Å². The Kier molecular flexibility index (Phi) is 6.98. The molecule has 1 atom stereocenters. The van der Waals surface area contributed by atoms with Crippen LogP contribution in [0, 0.1) is 0 Å². The fourth-order valence-corrected chi connectivity index (χ4v) is 2.06. The van der Waals surface area contributed by atoms with Crippen molar-refractivity contribution in [1.29, 1.82) is 0 Å². The van der Waals surface area contributed by atoms with Crippen LogP contribution in [0.2, 0.25) is 0 Å². The van der Waals surface area contributed by atoms with Crippen LogP contribution in [0.15, 0.2) is 0 Å². The van der Waals surface area contributed by atoms with Gasteiger partial charge in [-0.2, -0.15) is 0 Å². The zero-order valence-electron chi connectivity index (χ0n) is 9.95. The molecule has 0 aromatic carbocycles. The van der Waals surface area contributed by atoms with E-state index in [9.17, 15) is 0 Å². The molecule has 15 heavy (non-hydrogen) atoms. The van der Waals surface area contributed by atoms with Crippen molar-refractivity contribution < 1.29 is 9.84 Å². The topological polar surface area (TPSA) is 32.7 Å². The van der Waals surface area contributed by atoms with Crippen molar-refractivity contribution in [2.45, 2.75) is 45.1 Å². The number of aliphatic hydroxyl groups excluding tert-OH is 1. The van der Waals surface area contributed by atoms with E-state index in [1.54, 1.807) is 0 Å². The average molecular weight is 215 g/mol. The van der Waals surface area contributed by atoms with E-state index in [-0.39, 0.29) is 6.61 Å². The van der Waals surface area contributed by atoms with Crippen LogP contribution in [0.1, 0.15) is 39.0 Å². The summed E-state index contributed by atoms with van der Waals surface area (Å²) in [6, 6.07) is 0. The fourth-order valence-electron chi connectivity index (χ4n) is 2.06. The van der Waals surface area contributed by atoms with Gasteiger partial charge in [0.2, 0.25) is 0 Å². The largest absolute Gasteiger partial charge is 0.395 e. The number of rotatable bonds is 7.